The lowest BCUT2D eigenvalue weighted by Crippen LogP contribution is -2.07. The molecule has 0 unspecified atom stereocenters. The first-order valence-corrected chi connectivity index (χ1v) is 8.18. The van der Waals surface area contributed by atoms with Crippen LogP contribution in [0.2, 0.25) is 0 Å². The number of rotatable bonds is 3. The Morgan fingerprint density at radius 3 is 2.63 bits per heavy atom. The third-order valence-electron chi connectivity index (χ3n) is 2.65. The summed E-state index contributed by atoms with van der Waals surface area (Å²) in [7, 11) is 0. The number of thiophene rings is 1. The van der Waals surface area contributed by atoms with Gasteiger partial charge in [0.25, 0.3) is 0 Å². The number of anilines is 1. The van der Waals surface area contributed by atoms with E-state index in [2.05, 4.69) is 77.7 Å². The minimum absolute atomic E-state index is 0.177. The second kappa shape index (κ2) is 5.75. The predicted octanol–water partition coefficient (Wildman–Crippen LogP) is 4.54. The van der Waals surface area contributed by atoms with Gasteiger partial charge >= 0.3 is 0 Å². The molecule has 0 bridgehead atoms. The van der Waals surface area contributed by atoms with E-state index in [9.17, 15) is 0 Å². The molecule has 19 heavy (non-hydrogen) atoms. The molecule has 0 saturated carbocycles. The zero-order valence-electron chi connectivity index (χ0n) is 11.6. The number of aromatic nitrogens is 2. The van der Waals surface area contributed by atoms with Gasteiger partial charge in [0.05, 0.1) is 8.45 Å². The normalized spacial score (nSPS) is 11.6. The van der Waals surface area contributed by atoms with E-state index in [1.165, 1.54) is 4.88 Å². The zero-order chi connectivity index (χ0) is 14.0. The van der Waals surface area contributed by atoms with Crippen LogP contribution in [0.4, 0.5) is 5.82 Å². The number of nitrogens with one attached hydrogen (secondary N) is 1. The Hall–Kier alpha value is -0.690. The Balaban J connectivity index is 2.36. The van der Waals surface area contributed by atoms with Crippen molar-refractivity contribution < 1.29 is 0 Å². The van der Waals surface area contributed by atoms with Crippen LogP contribution >= 0.6 is 33.9 Å². The predicted molar refractivity (Wildman–Crippen MR) is 90.9 cm³/mol. The van der Waals surface area contributed by atoms with Gasteiger partial charge in [-0.05, 0) is 47.1 Å². The molecule has 0 spiro atoms. The molecular weight excluding hydrogens is 369 g/mol. The largest absolute Gasteiger partial charge is 0.369 e. The van der Waals surface area contributed by atoms with Gasteiger partial charge in [-0.1, -0.05) is 20.8 Å². The molecule has 2 rings (SSSR count). The maximum absolute atomic E-state index is 4.61. The van der Waals surface area contributed by atoms with Crippen LogP contribution in [0.15, 0.2) is 18.3 Å². The molecule has 2 aromatic heterocycles. The van der Waals surface area contributed by atoms with Crippen molar-refractivity contribution in [2.75, 3.05) is 11.9 Å². The van der Waals surface area contributed by atoms with Gasteiger partial charge in [-0.2, -0.15) is 0 Å². The molecule has 0 fully saturated rings. The molecule has 0 aliphatic rings. The van der Waals surface area contributed by atoms with Crippen molar-refractivity contribution in [2.45, 2.75) is 33.1 Å². The molecule has 0 saturated heterocycles. The molecule has 1 N–H and O–H groups in total. The van der Waals surface area contributed by atoms with Gasteiger partial charge in [-0.15, -0.1) is 11.3 Å². The van der Waals surface area contributed by atoms with Crippen LogP contribution in [0.3, 0.4) is 0 Å². The van der Waals surface area contributed by atoms with Crippen LogP contribution in [0.5, 0.6) is 0 Å². The molecule has 102 valence electrons. The van der Waals surface area contributed by atoms with Gasteiger partial charge in [-0.25, -0.2) is 9.97 Å². The fourth-order valence-corrected chi connectivity index (χ4v) is 3.09. The van der Waals surface area contributed by atoms with E-state index >= 15 is 0 Å². The highest BCUT2D eigenvalue weighted by atomic mass is 127. The molecular formula is C14H18IN3S. The van der Waals surface area contributed by atoms with Crippen LogP contribution in [0.1, 0.15) is 32.6 Å². The van der Waals surface area contributed by atoms with E-state index in [0.29, 0.717) is 0 Å². The lowest BCUT2D eigenvalue weighted by molar-refractivity contribution is 0.604. The fraction of sp³-hybridized carbons (Fsp3) is 0.429. The van der Waals surface area contributed by atoms with E-state index in [4.69, 9.17) is 0 Å². The van der Waals surface area contributed by atoms with Gasteiger partial charge in [0, 0.05) is 17.6 Å². The summed E-state index contributed by atoms with van der Waals surface area (Å²) < 4.78 is 1.05. The zero-order valence-corrected chi connectivity index (χ0v) is 14.6. The summed E-state index contributed by atoms with van der Waals surface area (Å²) in [5.41, 5.74) is 0.177. The quantitative estimate of drug-likeness (QED) is 0.786. The average molecular weight is 387 g/mol. The highest BCUT2D eigenvalue weighted by molar-refractivity contribution is 14.1. The molecule has 5 heteroatoms. The van der Waals surface area contributed by atoms with Crippen molar-refractivity contribution in [1.82, 2.24) is 9.97 Å². The summed E-state index contributed by atoms with van der Waals surface area (Å²) >= 11 is 4.02. The summed E-state index contributed by atoms with van der Waals surface area (Å²) in [5, 5.41) is 3.27. The highest BCUT2D eigenvalue weighted by Crippen LogP contribution is 2.34. The van der Waals surface area contributed by atoms with Gasteiger partial charge in [0.15, 0.2) is 5.82 Å². The Kier molecular flexibility index (Phi) is 4.45. The molecule has 0 aliphatic heterocycles. The van der Waals surface area contributed by atoms with Crippen molar-refractivity contribution in [2.24, 2.45) is 0 Å². The molecule has 3 nitrogen and oxygen atoms in total. The minimum Gasteiger partial charge on any atom is -0.369 e. The number of halogens is 1. The van der Waals surface area contributed by atoms with Gasteiger partial charge in [-0.3, -0.25) is 0 Å². The number of hydrogen-bond acceptors (Lipinski definition) is 4. The van der Waals surface area contributed by atoms with Crippen LogP contribution in [-0.2, 0) is 5.41 Å². The maximum atomic E-state index is 4.61. The van der Waals surface area contributed by atoms with Gasteiger partial charge in [0.1, 0.15) is 5.82 Å². The van der Waals surface area contributed by atoms with Gasteiger partial charge < -0.3 is 5.32 Å². The lowest BCUT2D eigenvalue weighted by Gasteiger charge is -2.15. The van der Waals surface area contributed by atoms with E-state index < -0.39 is 0 Å². The number of nitrogens with zero attached hydrogens (tertiary/aromatic N) is 2. The van der Waals surface area contributed by atoms with E-state index in [1.807, 2.05) is 6.20 Å². The van der Waals surface area contributed by atoms with Crippen LogP contribution < -0.4 is 5.32 Å². The van der Waals surface area contributed by atoms with Crippen molar-refractivity contribution in [1.29, 1.82) is 0 Å². The van der Waals surface area contributed by atoms with Gasteiger partial charge in [0.2, 0.25) is 0 Å². The standard InChI is InChI=1S/C14H18IN3S/c1-5-16-12-9(15)8-17-13(18-12)10-6-7-11(19-10)14(2,3)4/h6-8H,5H2,1-4H3,(H,16,17,18). The summed E-state index contributed by atoms with van der Waals surface area (Å²) in [5.74, 6) is 1.72. The summed E-state index contributed by atoms with van der Waals surface area (Å²) in [6, 6.07) is 4.29. The number of hydrogen-bond donors (Lipinski definition) is 1. The van der Waals surface area contributed by atoms with Crippen LogP contribution in [0.25, 0.3) is 10.7 Å². The molecule has 0 aliphatic carbocycles. The molecule has 2 aromatic rings. The topological polar surface area (TPSA) is 37.8 Å². The van der Waals surface area contributed by atoms with Crippen molar-refractivity contribution in [3.63, 3.8) is 0 Å². The maximum Gasteiger partial charge on any atom is 0.171 e. The summed E-state index contributed by atoms with van der Waals surface area (Å²) in [6.07, 6.45) is 1.87. The highest BCUT2D eigenvalue weighted by Gasteiger charge is 2.17. The lowest BCUT2D eigenvalue weighted by atomic mass is 9.95. The Morgan fingerprint density at radius 2 is 2.05 bits per heavy atom. The van der Waals surface area contributed by atoms with E-state index in [0.717, 1.165) is 26.6 Å². The average Bonchev–Trinajstić information content (AvgIpc) is 2.81. The summed E-state index contributed by atoms with van der Waals surface area (Å²) in [6.45, 7) is 9.61. The second-order valence-electron chi connectivity index (χ2n) is 5.33. The first-order chi connectivity index (χ1) is 8.91. The summed E-state index contributed by atoms with van der Waals surface area (Å²) in [4.78, 5) is 11.5. The first kappa shape index (κ1) is 14.7. The van der Waals surface area contributed by atoms with Crippen molar-refractivity contribution in [3.8, 4) is 10.7 Å². The Labute approximate surface area is 132 Å². The van der Waals surface area contributed by atoms with E-state index in [1.54, 1.807) is 11.3 Å². The fourth-order valence-electron chi connectivity index (χ4n) is 1.64. The van der Waals surface area contributed by atoms with Crippen molar-refractivity contribution in [3.05, 3.63) is 26.8 Å². The van der Waals surface area contributed by atoms with Crippen molar-refractivity contribution >= 4 is 39.7 Å². The molecule has 0 aromatic carbocycles. The van der Waals surface area contributed by atoms with Crippen LogP contribution in [0, 0.1) is 3.57 Å². The monoisotopic (exact) mass is 387 g/mol. The van der Waals surface area contributed by atoms with E-state index in [-0.39, 0.29) is 5.41 Å². The Morgan fingerprint density at radius 1 is 1.32 bits per heavy atom. The molecule has 0 amide bonds. The SMILES string of the molecule is CCNc1nc(-c2ccc(C(C)(C)C)s2)ncc1I. The molecule has 2 heterocycles. The smallest absolute Gasteiger partial charge is 0.171 e. The van der Waals surface area contributed by atoms with Crippen LogP contribution in [-0.4, -0.2) is 16.5 Å². The Bertz CT molecular complexity index is 572. The first-order valence-electron chi connectivity index (χ1n) is 6.29. The third-order valence-corrected chi connectivity index (χ3v) is 4.95. The third kappa shape index (κ3) is 3.45. The molecule has 0 atom stereocenters. The molecule has 0 radical (unpaired) electrons. The minimum atomic E-state index is 0.177. The second-order valence-corrected chi connectivity index (χ2v) is 7.58.